The van der Waals surface area contributed by atoms with Crippen LogP contribution >= 0.6 is 22.9 Å². The Hall–Kier alpha value is -1.37. The molecule has 6 rings (SSSR count). The van der Waals surface area contributed by atoms with Crippen LogP contribution in [0.3, 0.4) is 0 Å². The molecule has 5 nitrogen and oxygen atoms in total. The summed E-state index contributed by atoms with van der Waals surface area (Å²) < 4.78 is 1.09. The van der Waals surface area contributed by atoms with Crippen LogP contribution in [0.4, 0.5) is 5.13 Å². The van der Waals surface area contributed by atoms with E-state index in [9.17, 15) is 0 Å². The van der Waals surface area contributed by atoms with Gasteiger partial charge in [-0.2, -0.15) is 0 Å². The third-order valence-corrected chi connectivity index (χ3v) is 6.49. The van der Waals surface area contributed by atoms with Gasteiger partial charge in [0.15, 0.2) is 11.1 Å². The molecule has 1 unspecified atom stereocenters. The molecule has 1 aromatic heterocycles. The van der Waals surface area contributed by atoms with Crippen molar-refractivity contribution >= 4 is 44.2 Å². The average Bonchev–Trinajstić information content (AvgIpc) is 3.12. The van der Waals surface area contributed by atoms with E-state index >= 15 is 0 Å². The summed E-state index contributed by atoms with van der Waals surface area (Å²) >= 11 is 7.66. The summed E-state index contributed by atoms with van der Waals surface area (Å²) in [5.41, 5.74) is 1.04. The summed E-state index contributed by atoms with van der Waals surface area (Å²) in [5, 5.41) is 8.44. The Morgan fingerprint density at radius 1 is 1.35 bits per heavy atom. The zero-order valence-corrected chi connectivity index (χ0v) is 14.3. The summed E-state index contributed by atoms with van der Waals surface area (Å²) in [7, 11) is 0. The van der Waals surface area contributed by atoms with Crippen LogP contribution in [0.5, 0.6) is 0 Å². The van der Waals surface area contributed by atoms with Gasteiger partial charge in [0, 0.05) is 18.1 Å². The topological polar surface area (TPSA) is 52.6 Å². The number of piperidine rings is 3. The Labute approximate surface area is 143 Å². The van der Waals surface area contributed by atoms with E-state index in [1.165, 1.54) is 25.9 Å². The van der Waals surface area contributed by atoms with Crippen LogP contribution in [0.1, 0.15) is 12.8 Å². The maximum atomic E-state index is 6.05. The number of anilines is 1. The van der Waals surface area contributed by atoms with E-state index in [0.29, 0.717) is 5.92 Å². The van der Waals surface area contributed by atoms with Gasteiger partial charge in [0.05, 0.1) is 15.8 Å². The Morgan fingerprint density at radius 2 is 2.22 bits per heavy atom. The van der Waals surface area contributed by atoms with Gasteiger partial charge in [0.1, 0.15) is 0 Å². The van der Waals surface area contributed by atoms with Crippen molar-refractivity contribution in [1.82, 2.24) is 15.2 Å². The van der Waals surface area contributed by atoms with Crippen molar-refractivity contribution in [3.05, 3.63) is 23.2 Å². The number of hydrogen-bond donors (Lipinski definition) is 2. The van der Waals surface area contributed by atoms with Crippen LogP contribution in [-0.4, -0.2) is 47.6 Å². The predicted octanol–water partition coefficient (Wildman–Crippen LogP) is 2.79. The molecule has 1 atom stereocenters. The standard InChI is InChI=1S/C16H18ClN5S/c17-11-1-2-12-13(7-11)23-15(19-12)20-14-18-8-16(21-14)9-22-5-3-10(16)4-6-22/h1-2,7,10H,3-6,8-9H2,(H2,18,19,20,21). The number of benzene rings is 1. The van der Waals surface area contributed by atoms with Crippen molar-refractivity contribution in [2.75, 3.05) is 31.5 Å². The number of rotatable bonds is 1. The van der Waals surface area contributed by atoms with Crippen molar-refractivity contribution in [2.45, 2.75) is 18.4 Å². The largest absolute Gasteiger partial charge is 0.354 e. The zero-order chi connectivity index (χ0) is 15.4. The number of guanidine groups is 1. The van der Waals surface area contributed by atoms with Gasteiger partial charge < -0.3 is 15.5 Å². The van der Waals surface area contributed by atoms with Crippen LogP contribution in [0, 0.1) is 5.92 Å². The molecule has 2 bridgehead atoms. The minimum atomic E-state index is 0.0683. The van der Waals surface area contributed by atoms with Crippen molar-refractivity contribution in [3.63, 3.8) is 0 Å². The van der Waals surface area contributed by atoms with E-state index in [2.05, 4.69) is 20.5 Å². The third kappa shape index (κ3) is 2.31. The molecule has 3 saturated heterocycles. The Bertz CT molecular complexity index is 795. The highest BCUT2D eigenvalue weighted by atomic mass is 35.5. The summed E-state index contributed by atoms with van der Waals surface area (Å²) in [5.74, 6) is 1.58. The summed E-state index contributed by atoms with van der Waals surface area (Å²) in [4.78, 5) is 12.2. The van der Waals surface area contributed by atoms with Crippen LogP contribution < -0.4 is 10.6 Å². The number of nitrogens with one attached hydrogen (secondary N) is 2. The van der Waals surface area contributed by atoms with Crippen LogP contribution in [0.15, 0.2) is 23.2 Å². The third-order valence-electron chi connectivity index (χ3n) is 5.32. The van der Waals surface area contributed by atoms with Crippen LogP contribution in [0.2, 0.25) is 5.02 Å². The SMILES string of the molecule is Clc1ccc2nc(NC3=NC4(CN3)CN3CCC4CC3)sc2c1. The molecule has 2 aromatic rings. The quantitative estimate of drug-likeness (QED) is 0.833. The van der Waals surface area contributed by atoms with E-state index in [4.69, 9.17) is 16.6 Å². The Kier molecular flexibility index (Phi) is 3.08. The highest BCUT2D eigenvalue weighted by Gasteiger charge is 2.49. The molecule has 0 saturated carbocycles. The molecule has 0 amide bonds. The van der Waals surface area contributed by atoms with E-state index in [0.717, 1.165) is 39.4 Å². The Balaban J connectivity index is 1.40. The van der Waals surface area contributed by atoms with Gasteiger partial charge in [-0.15, -0.1) is 0 Å². The van der Waals surface area contributed by atoms with Crippen LogP contribution in [0.25, 0.3) is 10.2 Å². The lowest BCUT2D eigenvalue weighted by molar-refractivity contribution is 0.0374. The molecule has 120 valence electrons. The first-order valence-electron chi connectivity index (χ1n) is 8.09. The highest BCUT2D eigenvalue weighted by molar-refractivity contribution is 7.22. The van der Waals surface area contributed by atoms with E-state index in [1.807, 2.05) is 18.2 Å². The van der Waals surface area contributed by atoms with Crippen molar-refractivity contribution in [2.24, 2.45) is 10.9 Å². The summed E-state index contributed by atoms with van der Waals surface area (Å²) in [6, 6.07) is 5.79. The molecule has 0 radical (unpaired) electrons. The molecular weight excluding hydrogens is 330 g/mol. The van der Waals surface area contributed by atoms with Gasteiger partial charge in [-0.1, -0.05) is 22.9 Å². The fourth-order valence-electron chi connectivity index (χ4n) is 4.14. The molecule has 0 aliphatic carbocycles. The fraction of sp³-hybridized carbons (Fsp3) is 0.500. The monoisotopic (exact) mass is 347 g/mol. The second kappa shape index (κ2) is 5.06. The van der Waals surface area contributed by atoms with Gasteiger partial charge >= 0.3 is 0 Å². The molecule has 3 fully saturated rings. The number of aliphatic imine (C=N–C) groups is 1. The number of fused-ring (bicyclic) bond motifs is 3. The summed E-state index contributed by atoms with van der Waals surface area (Å²) in [6.07, 6.45) is 2.55. The highest BCUT2D eigenvalue weighted by Crippen LogP contribution is 2.40. The fourth-order valence-corrected chi connectivity index (χ4v) is 5.28. The first-order valence-corrected chi connectivity index (χ1v) is 9.29. The molecule has 4 aliphatic rings. The molecule has 5 heterocycles. The van der Waals surface area contributed by atoms with Gasteiger partial charge in [-0.25, -0.2) is 9.98 Å². The minimum absolute atomic E-state index is 0.0683. The van der Waals surface area contributed by atoms with Crippen molar-refractivity contribution in [1.29, 1.82) is 0 Å². The molecule has 2 N–H and O–H groups in total. The second-order valence-electron chi connectivity index (χ2n) is 6.72. The summed E-state index contributed by atoms with van der Waals surface area (Å²) in [6.45, 7) is 4.51. The molecule has 1 spiro atoms. The lowest BCUT2D eigenvalue weighted by atomic mass is 9.73. The average molecular weight is 348 g/mol. The maximum absolute atomic E-state index is 6.05. The number of halogens is 1. The van der Waals surface area contributed by atoms with Crippen LogP contribution in [-0.2, 0) is 0 Å². The zero-order valence-electron chi connectivity index (χ0n) is 12.7. The second-order valence-corrected chi connectivity index (χ2v) is 8.19. The number of hydrogen-bond acceptors (Lipinski definition) is 6. The van der Waals surface area contributed by atoms with E-state index in [1.54, 1.807) is 11.3 Å². The Morgan fingerprint density at radius 3 is 3.00 bits per heavy atom. The first-order chi connectivity index (χ1) is 11.2. The van der Waals surface area contributed by atoms with Gasteiger partial charge in [0.25, 0.3) is 0 Å². The van der Waals surface area contributed by atoms with Crippen molar-refractivity contribution < 1.29 is 0 Å². The first kappa shape index (κ1) is 14.0. The maximum Gasteiger partial charge on any atom is 0.198 e. The smallest absolute Gasteiger partial charge is 0.198 e. The molecule has 1 aromatic carbocycles. The molecule has 23 heavy (non-hydrogen) atoms. The number of nitrogens with zero attached hydrogens (tertiary/aromatic N) is 3. The van der Waals surface area contributed by atoms with Crippen molar-refractivity contribution in [3.8, 4) is 0 Å². The van der Waals surface area contributed by atoms with E-state index in [-0.39, 0.29) is 5.54 Å². The normalized spacial score (nSPS) is 32.3. The van der Waals surface area contributed by atoms with Gasteiger partial charge in [0.2, 0.25) is 0 Å². The molecule has 7 heteroatoms. The number of thiazole rings is 1. The van der Waals surface area contributed by atoms with Gasteiger partial charge in [-0.3, -0.25) is 0 Å². The minimum Gasteiger partial charge on any atom is -0.354 e. The lowest BCUT2D eigenvalue weighted by Gasteiger charge is -2.49. The number of aromatic nitrogens is 1. The predicted molar refractivity (Wildman–Crippen MR) is 95.6 cm³/mol. The lowest BCUT2D eigenvalue weighted by Crippen LogP contribution is -2.59. The van der Waals surface area contributed by atoms with Gasteiger partial charge in [-0.05, 0) is 50.0 Å². The van der Waals surface area contributed by atoms with E-state index < -0.39 is 0 Å². The molecular formula is C16H18ClN5S. The molecule has 4 aliphatic heterocycles.